The molecule has 88 valence electrons. The first kappa shape index (κ1) is 11.9. The van der Waals surface area contributed by atoms with Gasteiger partial charge in [-0.25, -0.2) is 0 Å². The zero-order chi connectivity index (χ0) is 12.3. The Morgan fingerprint density at radius 2 is 1.65 bits per heavy atom. The lowest BCUT2D eigenvalue weighted by Crippen LogP contribution is -2.19. The Labute approximate surface area is 104 Å². The smallest absolute Gasteiger partial charge is 0.167 e. The van der Waals surface area contributed by atoms with Crippen LogP contribution in [0, 0.1) is 0 Å². The monoisotopic (exact) mass is 249 g/mol. The molecule has 0 unspecified atom stereocenters. The van der Waals surface area contributed by atoms with Gasteiger partial charge in [-0.15, -0.1) is 0 Å². The number of hydrogen-bond donors (Lipinski definition) is 1. The molecule has 0 bridgehead atoms. The van der Waals surface area contributed by atoms with Crippen molar-refractivity contribution in [2.45, 2.75) is 19.3 Å². The number of benzene rings is 1. The van der Waals surface area contributed by atoms with E-state index >= 15 is 0 Å². The maximum atomic E-state index is 11.5. The van der Waals surface area contributed by atoms with Crippen LogP contribution in [-0.4, -0.2) is 11.6 Å². The third-order valence-electron chi connectivity index (χ3n) is 2.64. The maximum Gasteiger partial charge on any atom is 0.167 e. The lowest BCUT2D eigenvalue weighted by molar-refractivity contribution is -0.123. The molecule has 0 aliphatic heterocycles. The average molecular weight is 250 g/mol. The first-order valence-electron chi connectivity index (χ1n) is 5.45. The van der Waals surface area contributed by atoms with Crippen LogP contribution in [0.15, 0.2) is 36.0 Å². The molecule has 1 fully saturated rings. The Bertz CT molecular complexity index is 459. The highest BCUT2D eigenvalue weighted by Gasteiger charge is 2.22. The van der Waals surface area contributed by atoms with E-state index in [2.05, 4.69) is 5.32 Å². The summed E-state index contributed by atoms with van der Waals surface area (Å²) in [5, 5.41) is 3.59. The van der Waals surface area contributed by atoms with Gasteiger partial charge in [-0.3, -0.25) is 9.59 Å². The van der Waals surface area contributed by atoms with Crippen molar-refractivity contribution in [1.82, 2.24) is 0 Å². The molecule has 1 saturated carbocycles. The van der Waals surface area contributed by atoms with Crippen LogP contribution in [0.2, 0.25) is 5.02 Å². The van der Waals surface area contributed by atoms with Gasteiger partial charge in [0.1, 0.15) is 0 Å². The summed E-state index contributed by atoms with van der Waals surface area (Å²) < 4.78 is 0. The number of rotatable bonds is 2. The van der Waals surface area contributed by atoms with Crippen LogP contribution in [-0.2, 0) is 9.59 Å². The second-order valence-electron chi connectivity index (χ2n) is 3.91. The Kier molecular flexibility index (Phi) is 3.59. The minimum Gasteiger partial charge on any atom is -0.361 e. The largest absolute Gasteiger partial charge is 0.361 e. The van der Waals surface area contributed by atoms with Crippen molar-refractivity contribution in [3.8, 4) is 0 Å². The zero-order valence-electron chi connectivity index (χ0n) is 9.20. The van der Waals surface area contributed by atoms with Gasteiger partial charge in [0.05, 0.1) is 5.57 Å². The number of carbonyl (C=O) groups is 2. The Morgan fingerprint density at radius 3 is 2.24 bits per heavy atom. The molecular formula is C13H12ClNO2. The van der Waals surface area contributed by atoms with E-state index in [0.29, 0.717) is 24.3 Å². The summed E-state index contributed by atoms with van der Waals surface area (Å²) in [6.45, 7) is 0. The fourth-order valence-electron chi connectivity index (χ4n) is 1.70. The van der Waals surface area contributed by atoms with Crippen molar-refractivity contribution in [2.75, 3.05) is 5.32 Å². The zero-order valence-corrected chi connectivity index (χ0v) is 9.96. The van der Waals surface area contributed by atoms with Crippen LogP contribution in [0.3, 0.4) is 0 Å². The Balaban J connectivity index is 2.11. The predicted molar refractivity (Wildman–Crippen MR) is 67.0 cm³/mol. The minimum absolute atomic E-state index is 0.0808. The third kappa shape index (κ3) is 2.94. The lowest BCUT2D eigenvalue weighted by Gasteiger charge is -2.11. The van der Waals surface area contributed by atoms with Crippen molar-refractivity contribution in [3.63, 3.8) is 0 Å². The van der Waals surface area contributed by atoms with Gasteiger partial charge in [-0.2, -0.15) is 0 Å². The molecule has 2 rings (SSSR count). The molecule has 0 spiro atoms. The molecule has 1 aromatic carbocycles. The van der Waals surface area contributed by atoms with Gasteiger partial charge < -0.3 is 5.32 Å². The summed E-state index contributed by atoms with van der Waals surface area (Å²) in [5.74, 6) is -0.162. The molecule has 0 radical (unpaired) electrons. The molecule has 1 aliphatic rings. The molecule has 3 nitrogen and oxygen atoms in total. The van der Waals surface area contributed by atoms with E-state index < -0.39 is 0 Å². The molecule has 4 heteroatoms. The van der Waals surface area contributed by atoms with E-state index in [1.54, 1.807) is 24.3 Å². The quantitative estimate of drug-likeness (QED) is 0.648. The van der Waals surface area contributed by atoms with E-state index in [1.165, 1.54) is 6.20 Å². The molecule has 0 amide bonds. The Morgan fingerprint density at radius 1 is 1.06 bits per heavy atom. The van der Waals surface area contributed by atoms with E-state index in [-0.39, 0.29) is 17.1 Å². The highest BCUT2D eigenvalue weighted by atomic mass is 35.5. The summed E-state index contributed by atoms with van der Waals surface area (Å²) in [5.41, 5.74) is 1.07. The van der Waals surface area contributed by atoms with E-state index in [1.807, 2.05) is 0 Å². The number of anilines is 1. The van der Waals surface area contributed by atoms with Gasteiger partial charge in [0.15, 0.2) is 11.6 Å². The number of allylic oxidation sites excluding steroid dienone is 1. The number of hydrogen-bond acceptors (Lipinski definition) is 3. The first-order valence-corrected chi connectivity index (χ1v) is 5.83. The fourth-order valence-corrected chi connectivity index (χ4v) is 1.82. The summed E-state index contributed by atoms with van der Waals surface area (Å²) in [4.78, 5) is 23.1. The molecule has 1 aliphatic carbocycles. The number of halogens is 1. The van der Waals surface area contributed by atoms with Crippen molar-refractivity contribution < 1.29 is 9.59 Å². The average Bonchev–Trinajstić information content (AvgIpc) is 2.31. The van der Waals surface area contributed by atoms with Gasteiger partial charge in [0.25, 0.3) is 0 Å². The van der Waals surface area contributed by atoms with Crippen LogP contribution in [0.1, 0.15) is 19.3 Å². The first-order chi connectivity index (χ1) is 8.16. The normalized spacial score (nSPS) is 15.9. The number of ketones is 2. The van der Waals surface area contributed by atoms with E-state index in [4.69, 9.17) is 11.6 Å². The van der Waals surface area contributed by atoms with E-state index in [9.17, 15) is 9.59 Å². The second kappa shape index (κ2) is 5.15. The summed E-state index contributed by atoms with van der Waals surface area (Å²) >= 11 is 5.76. The van der Waals surface area contributed by atoms with Gasteiger partial charge in [0, 0.05) is 29.8 Å². The van der Waals surface area contributed by atoms with Crippen LogP contribution in [0.25, 0.3) is 0 Å². The molecule has 0 saturated heterocycles. The van der Waals surface area contributed by atoms with Gasteiger partial charge in [0.2, 0.25) is 0 Å². The van der Waals surface area contributed by atoms with Crippen molar-refractivity contribution >= 4 is 28.9 Å². The highest BCUT2D eigenvalue weighted by Crippen LogP contribution is 2.18. The SMILES string of the molecule is O=C1CCCC(=O)C1=CNc1ccc(Cl)cc1. The second-order valence-corrected chi connectivity index (χ2v) is 4.35. The van der Waals surface area contributed by atoms with Gasteiger partial charge in [-0.1, -0.05) is 11.6 Å². The molecule has 1 aromatic rings. The van der Waals surface area contributed by atoms with Gasteiger partial charge >= 0.3 is 0 Å². The fraction of sp³-hybridized carbons (Fsp3) is 0.231. The molecule has 0 aromatic heterocycles. The van der Waals surface area contributed by atoms with Crippen LogP contribution in [0.5, 0.6) is 0 Å². The minimum atomic E-state index is -0.0808. The number of carbonyl (C=O) groups excluding carboxylic acids is 2. The highest BCUT2D eigenvalue weighted by molar-refractivity contribution is 6.30. The van der Waals surface area contributed by atoms with Crippen LogP contribution >= 0.6 is 11.6 Å². The van der Waals surface area contributed by atoms with Crippen molar-refractivity contribution in [2.24, 2.45) is 0 Å². The van der Waals surface area contributed by atoms with Gasteiger partial charge in [-0.05, 0) is 30.7 Å². The molecular weight excluding hydrogens is 238 g/mol. The number of Topliss-reactive ketones (excluding diaryl/α,β-unsaturated/α-hetero) is 2. The lowest BCUT2D eigenvalue weighted by atomic mass is 9.93. The standard InChI is InChI=1S/C13H12ClNO2/c14-9-4-6-10(7-5-9)15-8-11-12(16)2-1-3-13(11)17/h4-8,15H,1-3H2. The van der Waals surface area contributed by atoms with Crippen molar-refractivity contribution in [3.05, 3.63) is 41.1 Å². The molecule has 0 atom stereocenters. The third-order valence-corrected chi connectivity index (χ3v) is 2.89. The Hall–Kier alpha value is -1.61. The van der Waals surface area contributed by atoms with Crippen molar-refractivity contribution in [1.29, 1.82) is 0 Å². The maximum absolute atomic E-state index is 11.5. The topological polar surface area (TPSA) is 46.2 Å². The number of nitrogens with one attached hydrogen (secondary N) is 1. The summed E-state index contributed by atoms with van der Waals surface area (Å²) in [6, 6.07) is 7.06. The summed E-state index contributed by atoms with van der Waals surface area (Å²) in [7, 11) is 0. The molecule has 1 N–H and O–H groups in total. The molecule has 0 heterocycles. The van der Waals surface area contributed by atoms with E-state index in [0.717, 1.165) is 5.69 Å². The van der Waals surface area contributed by atoms with Crippen LogP contribution < -0.4 is 5.32 Å². The van der Waals surface area contributed by atoms with Crippen LogP contribution in [0.4, 0.5) is 5.69 Å². The predicted octanol–water partition coefficient (Wildman–Crippen LogP) is 2.96. The molecule has 17 heavy (non-hydrogen) atoms. The summed E-state index contributed by atoms with van der Waals surface area (Å²) in [6.07, 6.45) is 3.07.